The molecule has 2 unspecified atom stereocenters. The van der Waals surface area contributed by atoms with Crippen LogP contribution >= 0.6 is 0 Å². The van der Waals surface area contributed by atoms with Gasteiger partial charge in [-0.1, -0.05) is 38.1 Å². The van der Waals surface area contributed by atoms with Crippen molar-refractivity contribution in [3.63, 3.8) is 0 Å². The number of hydrogen-bond acceptors (Lipinski definition) is 4. The molecule has 2 N–H and O–H groups in total. The van der Waals surface area contributed by atoms with Gasteiger partial charge in [0.1, 0.15) is 17.7 Å². The average molecular weight is 476 g/mol. The summed E-state index contributed by atoms with van der Waals surface area (Å²) in [4.78, 5) is 41.8. The summed E-state index contributed by atoms with van der Waals surface area (Å²) in [5.74, 6) is -0.436. The molecule has 1 rings (SSSR count). The Bertz CT molecular complexity index is 850. The third-order valence-electron chi connectivity index (χ3n) is 5.01. The van der Waals surface area contributed by atoms with E-state index in [9.17, 15) is 14.4 Å². The third kappa shape index (κ3) is 9.35. The van der Waals surface area contributed by atoms with Gasteiger partial charge in [0.05, 0.1) is 0 Å². The molecule has 0 aromatic heterocycles. The number of amides is 3. The molecule has 0 aliphatic rings. The van der Waals surface area contributed by atoms with Gasteiger partial charge < -0.3 is 20.3 Å². The summed E-state index contributed by atoms with van der Waals surface area (Å²) in [6, 6.07) is 5.62. The van der Waals surface area contributed by atoms with Gasteiger partial charge in [-0.3, -0.25) is 9.59 Å². The van der Waals surface area contributed by atoms with Gasteiger partial charge in [0.2, 0.25) is 11.8 Å². The Balaban J connectivity index is 3.51. The summed E-state index contributed by atoms with van der Waals surface area (Å²) in [6.07, 6.45) is -0.232. The lowest BCUT2D eigenvalue weighted by Gasteiger charge is -2.39. The van der Waals surface area contributed by atoms with Crippen molar-refractivity contribution in [1.82, 2.24) is 15.5 Å². The second kappa shape index (κ2) is 11.7. The van der Waals surface area contributed by atoms with Crippen molar-refractivity contribution >= 4 is 17.9 Å². The fourth-order valence-electron chi connectivity index (χ4n) is 3.75. The molecular weight excluding hydrogens is 430 g/mol. The Labute approximate surface area is 206 Å². The van der Waals surface area contributed by atoms with Crippen LogP contribution in [0.15, 0.2) is 24.3 Å². The van der Waals surface area contributed by atoms with Crippen LogP contribution < -0.4 is 10.6 Å². The molecule has 1 aromatic carbocycles. The van der Waals surface area contributed by atoms with Crippen molar-refractivity contribution in [2.24, 2.45) is 5.92 Å². The minimum absolute atomic E-state index is 0.137. The van der Waals surface area contributed by atoms with Gasteiger partial charge in [-0.05, 0) is 85.8 Å². The van der Waals surface area contributed by atoms with Crippen molar-refractivity contribution in [3.05, 3.63) is 35.4 Å². The van der Waals surface area contributed by atoms with Gasteiger partial charge in [-0.2, -0.15) is 0 Å². The van der Waals surface area contributed by atoms with E-state index in [-0.39, 0.29) is 23.8 Å². The van der Waals surface area contributed by atoms with Crippen LogP contribution in [0.5, 0.6) is 0 Å². The lowest BCUT2D eigenvalue weighted by Crippen LogP contribution is -2.56. The first-order valence-corrected chi connectivity index (χ1v) is 12.1. The monoisotopic (exact) mass is 475 g/mol. The van der Waals surface area contributed by atoms with Crippen molar-refractivity contribution in [2.45, 2.75) is 112 Å². The number of aryl methyl sites for hydroxylation is 1. The maximum Gasteiger partial charge on any atom is 0.408 e. The molecule has 192 valence electrons. The second-order valence-corrected chi connectivity index (χ2v) is 11.7. The summed E-state index contributed by atoms with van der Waals surface area (Å²) in [6.45, 7) is 20.7. The van der Waals surface area contributed by atoms with E-state index in [1.807, 2.05) is 79.7 Å². The Morgan fingerprint density at radius 2 is 1.53 bits per heavy atom. The van der Waals surface area contributed by atoms with E-state index in [4.69, 9.17) is 4.74 Å². The molecule has 7 heteroatoms. The van der Waals surface area contributed by atoms with Gasteiger partial charge in [0, 0.05) is 11.6 Å². The number of nitrogens with one attached hydrogen (secondary N) is 2. The third-order valence-corrected chi connectivity index (χ3v) is 5.01. The first-order valence-electron chi connectivity index (χ1n) is 12.1. The number of nitrogens with zero attached hydrogens (tertiary/aromatic N) is 1. The highest BCUT2D eigenvalue weighted by Gasteiger charge is 2.39. The van der Waals surface area contributed by atoms with Crippen LogP contribution in [0.25, 0.3) is 0 Å². The van der Waals surface area contributed by atoms with E-state index in [0.717, 1.165) is 11.1 Å². The second-order valence-electron chi connectivity index (χ2n) is 11.7. The Morgan fingerprint density at radius 1 is 0.971 bits per heavy atom. The van der Waals surface area contributed by atoms with Crippen LogP contribution in [0.3, 0.4) is 0 Å². The van der Waals surface area contributed by atoms with E-state index in [2.05, 4.69) is 10.6 Å². The summed E-state index contributed by atoms with van der Waals surface area (Å²) < 4.78 is 5.42. The average Bonchev–Trinajstić information content (AvgIpc) is 2.62. The van der Waals surface area contributed by atoms with Crippen LogP contribution in [0, 0.1) is 12.8 Å². The molecule has 1 aromatic rings. The van der Waals surface area contributed by atoms with E-state index in [1.54, 1.807) is 25.7 Å². The molecule has 2 atom stereocenters. The summed E-state index contributed by atoms with van der Waals surface area (Å²) in [5.41, 5.74) is 0.502. The smallest absolute Gasteiger partial charge is 0.408 e. The van der Waals surface area contributed by atoms with Crippen LogP contribution in [0.4, 0.5) is 4.79 Å². The van der Waals surface area contributed by atoms with Crippen molar-refractivity contribution in [2.75, 3.05) is 0 Å². The van der Waals surface area contributed by atoms with Crippen LogP contribution in [-0.2, 0) is 14.3 Å². The Kier molecular flexibility index (Phi) is 10.2. The number of hydrogen-bond donors (Lipinski definition) is 2. The number of alkyl carbamates (subject to hydrolysis) is 1. The molecule has 0 aliphatic carbocycles. The molecule has 34 heavy (non-hydrogen) atoms. The van der Waals surface area contributed by atoms with E-state index in [0.29, 0.717) is 6.42 Å². The summed E-state index contributed by atoms with van der Waals surface area (Å²) in [7, 11) is 0. The topological polar surface area (TPSA) is 87.7 Å². The zero-order chi connectivity index (χ0) is 26.4. The Hall–Kier alpha value is -2.57. The molecule has 0 heterocycles. The fourth-order valence-corrected chi connectivity index (χ4v) is 3.75. The molecule has 0 aliphatic heterocycles. The van der Waals surface area contributed by atoms with Crippen molar-refractivity contribution in [1.29, 1.82) is 0 Å². The summed E-state index contributed by atoms with van der Waals surface area (Å²) in [5, 5.41) is 5.81. The maximum absolute atomic E-state index is 14.0. The molecular formula is C27H45N3O4. The predicted molar refractivity (Wildman–Crippen MR) is 136 cm³/mol. The highest BCUT2D eigenvalue weighted by Crippen LogP contribution is 2.29. The Morgan fingerprint density at radius 3 is 1.97 bits per heavy atom. The standard InChI is InChI=1S/C27H45N3O4/c1-17(2)16-21(28-25(33)34-27(9,10)11)24(32)30(18(3)4)22(23(31)29-26(6,7)8)20-15-13-12-14-19(20)5/h12-15,17-18,21-22H,16H2,1-11H3,(H,28,33)(H,29,31). The molecule has 0 spiro atoms. The number of benzene rings is 1. The molecule has 7 nitrogen and oxygen atoms in total. The number of carbonyl (C=O) groups excluding carboxylic acids is 3. The molecule has 0 fully saturated rings. The lowest BCUT2D eigenvalue weighted by atomic mass is 9.94. The molecule has 0 saturated heterocycles. The van der Waals surface area contributed by atoms with Gasteiger partial charge in [-0.15, -0.1) is 0 Å². The summed E-state index contributed by atoms with van der Waals surface area (Å²) >= 11 is 0. The first-order chi connectivity index (χ1) is 15.4. The van der Waals surface area contributed by atoms with Crippen molar-refractivity contribution < 1.29 is 19.1 Å². The van der Waals surface area contributed by atoms with Gasteiger partial charge in [0.25, 0.3) is 0 Å². The first kappa shape index (κ1) is 29.5. The normalized spacial score (nSPS) is 13.9. The quantitative estimate of drug-likeness (QED) is 0.546. The SMILES string of the molecule is Cc1ccccc1C(C(=O)NC(C)(C)C)N(C(=O)C(CC(C)C)NC(=O)OC(C)(C)C)C(C)C. The van der Waals surface area contributed by atoms with E-state index >= 15 is 0 Å². The van der Waals surface area contributed by atoms with E-state index in [1.165, 1.54) is 0 Å². The molecule has 0 radical (unpaired) electrons. The van der Waals surface area contributed by atoms with Gasteiger partial charge in [0.15, 0.2) is 0 Å². The number of ether oxygens (including phenoxy) is 1. The van der Waals surface area contributed by atoms with Crippen molar-refractivity contribution in [3.8, 4) is 0 Å². The molecule has 0 bridgehead atoms. The molecule has 3 amide bonds. The number of rotatable bonds is 8. The van der Waals surface area contributed by atoms with Gasteiger partial charge in [-0.25, -0.2) is 4.79 Å². The lowest BCUT2D eigenvalue weighted by molar-refractivity contribution is -0.145. The minimum Gasteiger partial charge on any atom is -0.444 e. The molecule has 0 saturated carbocycles. The number of carbonyl (C=O) groups is 3. The largest absolute Gasteiger partial charge is 0.444 e. The van der Waals surface area contributed by atoms with Crippen LogP contribution in [0.1, 0.15) is 92.8 Å². The zero-order valence-corrected chi connectivity index (χ0v) is 22.9. The predicted octanol–water partition coefficient (Wildman–Crippen LogP) is 5.13. The van der Waals surface area contributed by atoms with Crippen LogP contribution in [-0.4, -0.2) is 46.0 Å². The fraction of sp³-hybridized carbons (Fsp3) is 0.667. The zero-order valence-electron chi connectivity index (χ0n) is 22.9. The van der Waals surface area contributed by atoms with Gasteiger partial charge >= 0.3 is 6.09 Å². The van der Waals surface area contributed by atoms with Crippen LogP contribution in [0.2, 0.25) is 0 Å². The highest BCUT2D eigenvalue weighted by atomic mass is 16.6. The minimum atomic E-state index is -0.844. The highest BCUT2D eigenvalue weighted by molar-refractivity contribution is 5.92. The van der Waals surface area contributed by atoms with E-state index < -0.39 is 29.3 Å². The maximum atomic E-state index is 14.0.